The molecule has 0 aliphatic rings. The summed E-state index contributed by atoms with van der Waals surface area (Å²) in [4.78, 5) is 0.167. The maximum absolute atomic E-state index is 13.0. The van der Waals surface area contributed by atoms with Gasteiger partial charge < -0.3 is 4.74 Å². The summed E-state index contributed by atoms with van der Waals surface area (Å²) in [7, 11) is -3.75. The van der Waals surface area contributed by atoms with Crippen LogP contribution in [0, 0.1) is 13.8 Å². The highest BCUT2D eigenvalue weighted by molar-refractivity contribution is 7.92. The Balaban J connectivity index is 2.50. The van der Waals surface area contributed by atoms with Gasteiger partial charge in [0.25, 0.3) is 10.0 Å². The summed E-state index contributed by atoms with van der Waals surface area (Å²) in [5.41, 5.74) is 3.49. The minimum atomic E-state index is -3.75. The van der Waals surface area contributed by atoms with E-state index in [-0.39, 0.29) is 10.3 Å². The van der Waals surface area contributed by atoms with Gasteiger partial charge >= 0.3 is 0 Å². The molecule has 0 spiro atoms. The van der Waals surface area contributed by atoms with Crippen LogP contribution in [0.2, 0.25) is 0 Å². The van der Waals surface area contributed by atoms with Crippen LogP contribution in [-0.2, 0) is 15.4 Å². The van der Waals surface area contributed by atoms with Gasteiger partial charge in [0.1, 0.15) is 10.6 Å². The Morgan fingerprint density at radius 1 is 1.00 bits per heavy atom. The van der Waals surface area contributed by atoms with Crippen molar-refractivity contribution in [2.45, 2.75) is 51.9 Å². The van der Waals surface area contributed by atoms with Gasteiger partial charge in [-0.1, -0.05) is 32.9 Å². The van der Waals surface area contributed by atoms with Crippen LogP contribution in [-0.4, -0.2) is 15.0 Å². The molecule has 0 saturated carbocycles. The van der Waals surface area contributed by atoms with Crippen LogP contribution >= 0.6 is 0 Å². The largest absolute Gasteiger partial charge is 0.492 e. The fourth-order valence-corrected chi connectivity index (χ4v) is 3.70. The standard InChI is InChI=1S/C20H27NO3S/c1-7-24-18-11-9-16(20(4,5)6)13-19(18)25(22,23)21-17-10-8-14(2)15(3)12-17/h8-13,21H,7H2,1-6H3. The molecular weight excluding hydrogens is 334 g/mol. The highest BCUT2D eigenvalue weighted by Crippen LogP contribution is 2.32. The topological polar surface area (TPSA) is 55.4 Å². The lowest BCUT2D eigenvalue weighted by Crippen LogP contribution is -2.17. The minimum absolute atomic E-state index is 0.157. The Morgan fingerprint density at radius 3 is 2.24 bits per heavy atom. The molecule has 2 rings (SSSR count). The third-order valence-electron chi connectivity index (χ3n) is 4.16. The summed E-state index contributed by atoms with van der Waals surface area (Å²) < 4.78 is 34.2. The van der Waals surface area contributed by atoms with Gasteiger partial charge in [-0.3, -0.25) is 4.72 Å². The second-order valence-corrected chi connectivity index (χ2v) is 8.90. The fraction of sp³-hybridized carbons (Fsp3) is 0.400. The van der Waals surface area contributed by atoms with E-state index in [1.54, 1.807) is 18.2 Å². The molecule has 0 fully saturated rings. The molecule has 2 aromatic rings. The fourth-order valence-electron chi connectivity index (χ4n) is 2.47. The van der Waals surface area contributed by atoms with Crippen LogP contribution in [0.4, 0.5) is 5.69 Å². The van der Waals surface area contributed by atoms with Crippen molar-refractivity contribution in [1.29, 1.82) is 0 Å². The zero-order chi connectivity index (χ0) is 18.8. The van der Waals surface area contributed by atoms with E-state index in [0.29, 0.717) is 18.0 Å². The van der Waals surface area contributed by atoms with Crippen molar-refractivity contribution in [1.82, 2.24) is 0 Å². The van der Waals surface area contributed by atoms with Crippen molar-refractivity contribution in [3.8, 4) is 5.75 Å². The monoisotopic (exact) mass is 361 g/mol. The van der Waals surface area contributed by atoms with Gasteiger partial charge in [0, 0.05) is 5.69 Å². The Kier molecular flexibility index (Phi) is 5.47. The Labute approximate surface area is 151 Å². The van der Waals surface area contributed by atoms with Crippen molar-refractivity contribution in [2.24, 2.45) is 0 Å². The predicted octanol–water partition coefficient (Wildman–Crippen LogP) is 4.80. The molecule has 25 heavy (non-hydrogen) atoms. The molecule has 0 radical (unpaired) electrons. The van der Waals surface area contributed by atoms with Crippen molar-refractivity contribution in [3.05, 3.63) is 53.1 Å². The zero-order valence-corrected chi connectivity index (χ0v) is 16.6. The minimum Gasteiger partial charge on any atom is -0.492 e. The first-order chi connectivity index (χ1) is 11.5. The summed E-state index contributed by atoms with van der Waals surface area (Å²) >= 11 is 0. The molecule has 0 amide bonds. The normalized spacial score (nSPS) is 12.1. The molecule has 0 aliphatic carbocycles. The number of aryl methyl sites for hydroxylation is 2. The average Bonchev–Trinajstić information content (AvgIpc) is 2.50. The lowest BCUT2D eigenvalue weighted by atomic mass is 9.87. The molecule has 5 heteroatoms. The third-order valence-corrected chi connectivity index (χ3v) is 5.56. The van der Waals surface area contributed by atoms with Crippen LogP contribution in [0.5, 0.6) is 5.75 Å². The van der Waals surface area contributed by atoms with Crippen molar-refractivity contribution in [3.63, 3.8) is 0 Å². The third kappa shape index (κ3) is 4.54. The molecular formula is C20H27NO3S. The molecule has 1 N–H and O–H groups in total. The number of benzene rings is 2. The van der Waals surface area contributed by atoms with Gasteiger partial charge in [0.15, 0.2) is 0 Å². The molecule has 0 aliphatic heterocycles. The second-order valence-electron chi connectivity index (χ2n) is 7.25. The summed E-state index contributed by atoms with van der Waals surface area (Å²) in [6.07, 6.45) is 0. The van der Waals surface area contributed by atoms with E-state index in [0.717, 1.165) is 16.7 Å². The Bertz CT molecular complexity index is 865. The Morgan fingerprint density at radius 2 is 1.68 bits per heavy atom. The van der Waals surface area contributed by atoms with Crippen LogP contribution in [0.15, 0.2) is 41.3 Å². The average molecular weight is 362 g/mol. The smallest absolute Gasteiger partial charge is 0.265 e. The molecule has 2 aromatic carbocycles. The van der Waals surface area contributed by atoms with Crippen molar-refractivity contribution >= 4 is 15.7 Å². The summed E-state index contributed by atoms with van der Waals surface area (Å²) in [6, 6.07) is 10.9. The molecule has 0 heterocycles. The van der Waals surface area contributed by atoms with Crippen LogP contribution in [0.25, 0.3) is 0 Å². The first kappa shape index (κ1) is 19.3. The maximum Gasteiger partial charge on any atom is 0.265 e. The van der Waals surface area contributed by atoms with Crippen LogP contribution in [0.3, 0.4) is 0 Å². The highest BCUT2D eigenvalue weighted by Gasteiger charge is 2.24. The summed E-state index contributed by atoms with van der Waals surface area (Å²) in [5, 5.41) is 0. The molecule has 136 valence electrons. The van der Waals surface area contributed by atoms with Gasteiger partial charge in [-0.15, -0.1) is 0 Å². The second kappa shape index (κ2) is 7.08. The molecule has 0 bridgehead atoms. The number of hydrogen-bond donors (Lipinski definition) is 1. The summed E-state index contributed by atoms with van der Waals surface area (Å²) in [5.74, 6) is 0.367. The van der Waals surface area contributed by atoms with E-state index in [2.05, 4.69) is 25.5 Å². The first-order valence-electron chi connectivity index (χ1n) is 8.42. The number of hydrogen-bond acceptors (Lipinski definition) is 3. The molecule has 0 unspecified atom stereocenters. The SMILES string of the molecule is CCOc1ccc(C(C)(C)C)cc1S(=O)(=O)Nc1ccc(C)c(C)c1. The van der Waals surface area contributed by atoms with E-state index in [1.807, 2.05) is 39.0 Å². The van der Waals surface area contributed by atoms with E-state index < -0.39 is 10.0 Å². The van der Waals surface area contributed by atoms with Gasteiger partial charge in [0.2, 0.25) is 0 Å². The predicted molar refractivity (Wildman–Crippen MR) is 103 cm³/mol. The number of anilines is 1. The lowest BCUT2D eigenvalue weighted by molar-refractivity contribution is 0.331. The molecule has 4 nitrogen and oxygen atoms in total. The van der Waals surface area contributed by atoms with Crippen molar-refractivity contribution < 1.29 is 13.2 Å². The van der Waals surface area contributed by atoms with Crippen LogP contribution < -0.4 is 9.46 Å². The quantitative estimate of drug-likeness (QED) is 0.832. The highest BCUT2D eigenvalue weighted by atomic mass is 32.2. The van der Waals surface area contributed by atoms with Crippen molar-refractivity contribution in [2.75, 3.05) is 11.3 Å². The van der Waals surface area contributed by atoms with E-state index in [1.165, 1.54) is 0 Å². The van der Waals surface area contributed by atoms with Gasteiger partial charge in [-0.05, 0) is 67.1 Å². The first-order valence-corrected chi connectivity index (χ1v) is 9.90. The maximum atomic E-state index is 13.0. The molecule has 0 saturated heterocycles. The number of rotatable bonds is 5. The summed E-state index contributed by atoms with van der Waals surface area (Å²) in [6.45, 7) is 12.3. The molecule has 0 atom stereocenters. The number of nitrogens with one attached hydrogen (secondary N) is 1. The van der Waals surface area contributed by atoms with Gasteiger partial charge in [-0.2, -0.15) is 0 Å². The number of ether oxygens (including phenoxy) is 1. The zero-order valence-electron chi connectivity index (χ0n) is 15.8. The van der Waals surface area contributed by atoms with Gasteiger partial charge in [-0.25, -0.2) is 8.42 Å². The Hall–Kier alpha value is -2.01. The number of sulfonamides is 1. The van der Waals surface area contributed by atoms with E-state index in [9.17, 15) is 8.42 Å². The molecule has 0 aromatic heterocycles. The van der Waals surface area contributed by atoms with Gasteiger partial charge in [0.05, 0.1) is 6.61 Å². The van der Waals surface area contributed by atoms with E-state index in [4.69, 9.17) is 4.74 Å². The van der Waals surface area contributed by atoms with Crippen LogP contribution in [0.1, 0.15) is 44.4 Å². The lowest BCUT2D eigenvalue weighted by Gasteiger charge is -2.21. The van der Waals surface area contributed by atoms with E-state index >= 15 is 0 Å².